The van der Waals surface area contributed by atoms with E-state index in [1.165, 1.54) is 67.3 Å². The minimum Gasteiger partial charge on any atom is -0.309 e. The van der Waals surface area contributed by atoms with Gasteiger partial charge in [0, 0.05) is 73.5 Å². The SMILES string of the molecule is c1ccc2cc3c(cc2c1)c1c2ccccc2ccc1n3-c1cc(-c2nc(-c3ccc4sc5ccccc5c4c3)nc(-c3cccc4ccccc34)n2)c2c(c1)sc1ccccc12. The Kier molecular flexibility index (Phi) is 7.40. The molecule has 14 rings (SSSR count). The van der Waals surface area contributed by atoms with Crippen LogP contribution in [0.4, 0.5) is 0 Å². The van der Waals surface area contributed by atoms with Crippen molar-refractivity contribution in [2.24, 2.45) is 0 Å². The largest absolute Gasteiger partial charge is 0.309 e. The van der Waals surface area contributed by atoms with Crippen LogP contribution in [0.2, 0.25) is 0 Å². The molecule has 0 radical (unpaired) electrons. The van der Waals surface area contributed by atoms with Crippen molar-refractivity contribution in [1.82, 2.24) is 19.5 Å². The molecule has 0 N–H and O–H groups in total. The van der Waals surface area contributed by atoms with Crippen molar-refractivity contribution in [3.63, 3.8) is 0 Å². The molecule has 4 heterocycles. The molecular formula is C57H32N4S2. The average Bonchev–Trinajstić information content (AvgIpc) is 4.01. The molecule has 0 spiro atoms. The molecule has 0 aliphatic rings. The molecule has 4 nitrogen and oxygen atoms in total. The summed E-state index contributed by atoms with van der Waals surface area (Å²) in [4.78, 5) is 16.3. The van der Waals surface area contributed by atoms with Crippen LogP contribution in [0.15, 0.2) is 194 Å². The Bertz CT molecular complexity index is 4230. The molecule has 292 valence electrons. The van der Waals surface area contributed by atoms with E-state index in [4.69, 9.17) is 15.0 Å². The van der Waals surface area contributed by atoms with E-state index in [0.717, 1.165) is 49.6 Å². The van der Waals surface area contributed by atoms with Crippen molar-refractivity contribution in [3.05, 3.63) is 194 Å². The van der Waals surface area contributed by atoms with Gasteiger partial charge in [-0.25, -0.2) is 15.0 Å². The monoisotopic (exact) mass is 836 g/mol. The third kappa shape index (κ3) is 5.29. The lowest BCUT2D eigenvalue weighted by molar-refractivity contribution is 1.08. The number of benzene rings is 10. The summed E-state index contributed by atoms with van der Waals surface area (Å²) >= 11 is 3.64. The fourth-order valence-electron chi connectivity index (χ4n) is 9.93. The number of fused-ring (bicyclic) bond motifs is 13. The van der Waals surface area contributed by atoms with Crippen LogP contribution in [0.1, 0.15) is 0 Å². The second-order valence-corrected chi connectivity index (χ2v) is 18.5. The van der Waals surface area contributed by atoms with Gasteiger partial charge in [0.1, 0.15) is 0 Å². The summed E-state index contributed by atoms with van der Waals surface area (Å²) in [6.45, 7) is 0. The van der Waals surface area contributed by atoms with E-state index in [2.05, 4.69) is 199 Å². The second-order valence-electron chi connectivity index (χ2n) is 16.3. The highest BCUT2D eigenvalue weighted by Gasteiger charge is 2.22. The zero-order valence-corrected chi connectivity index (χ0v) is 35.2. The van der Waals surface area contributed by atoms with E-state index < -0.39 is 0 Å². The molecule has 4 aromatic heterocycles. The predicted octanol–water partition coefficient (Wildman–Crippen LogP) is 16.2. The summed E-state index contributed by atoms with van der Waals surface area (Å²) in [6.07, 6.45) is 0. The molecule has 0 fully saturated rings. The van der Waals surface area contributed by atoms with Crippen molar-refractivity contribution in [3.8, 4) is 39.9 Å². The van der Waals surface area contributed by atoms with Gasteiger partial charge in [0.15, 0.2) is 17.5 Å². The van der Waals surface area contributed by atoms with Crippen molar-refractivity contribution < 1.29 is 0 Å². The number of thiophene rings is 2. The first-order chi connectivity index (χ1) is 31.2. The van der Waals surface area contributed by atoms with Gasteiger partial charge in [-0.1, -0.05) is 133 Å². The van der Waals surface area contributed by atoms with E-state index in [1.54, 1.807) is 0 Å². The molecule has 10 aromatic carbocycles. The summed E-state index contributed by atoms with van der Waals surface area (Å²) in [6, 6.07) is 70.3. The van der Waals surface area contributed by atoms with Gasteiger partial charge in [-0.2, -0.15) is 0 Å². The molecular weight excluding hydrogens is 805 g/mol. The quantitative estimate of drug-likeness (QED) is 0.177. The van der Waals surface area contributed by atoms with Crippen LogP contribution >= 0.6 is 22.7 Å². The Morgan fingerprint density at radius 2 is 0.921 bits per heavy atom. The molecule has 0 atom stereocenters. The summed E-state index contributed by atoms with van der Waals surface area (Å²) in [5, 5.41) is 14.4. The molecule has 6 heteroatoms. The normalized spacial score (nSPS) is 12.1. The van der Waals surface area contributed by atoms with E-state index >= 15 is 0 Å². The van der Waals surface area contributed by atoms with Gasteiger partial charge in [0.05, 0.1) is 11.0 Å². The molecule has 0 saturated heterocycles. The molecule has 0 aliphatic heterocycles. The topological polar surface area (TPSA) is 43.6 Å². The minimum atomic E-state index is 0.644. The highest BCUT2D eigenvalue weighted by atomic mass is 32.1. The number of nitrogens with zero attached hydrogens (tertiary/aromatic N) is 4. The Morgan fingerprint density at radius 1 is 0.317 bits per heavy atom. The third-order valence-electron chi connectivity index (χ3n) is 12.8. The van der Waals surface area contributed by atoms with Crippen LogP contribution in [0, 0.1) is 0 Å². The number of rotatable bonds is 4. The number of hydrogen-bond donors (Lipinski definition) is 0. The van der Waals surface area contributed by atoms with Crippen molar-refractivity contribution in [2.75, 3.05) is 0 Å². The standard InChI is InChI=1S/C57H32N4S2/c1-2-15-36-30-48-45(28-35(36)14-1)53-40-18-6-4-13-34(40)24-26-47(53)61(48)38-31-46(54-43-20-8-10-23-50(43)63-52(54)32-38)57-59-55(37-25-27-51-44(29-37)41-19-7-9-22-49(41)62-51)58-56(60-57)42-21-11-16-33-12-3-5-17-39(33)42/h1-32H. The zero-order chi connectivity index (χ0) is 41.2. The Balaban J connectivity index is 1.10. The van der Waals surface area contributed by atoms with Gasteiger partial charge in [-0.05, 0) is 93.0 Å². The van der Waals surface area contributed by atoms with E-state index in [1.807, 2.05) is 22.7 Å². The lowest BCUT2D eigenvalue weighted by atomic mass is 10.0. The lowest BCUT2D eigenvalue weighted by Crippen LogP contribution is -2.02. The molecule has 0 saturated carbocycles. The van der Waals surface area contributed by atoms with Gasteiger partial charge < -0.3 is 4.57 Å². The molecule has 0 bridgehead atoms. The van der Waals surface area contributed by atoms with Crippen LogP contribution in [0.25, 0.3) is 134 Å². The van der Waals surface area contributed by atoms with Crippen molar-refractivity contribution >= 4 is 117 Å². The van der Waals surface area contributed by atoms with Gasteiger partial charge >= 0.3 is 0 Å². The molecule has 63 heavy (non-hydrogen) atoms. The Morgan fingerprint density at radius 3 is 1.75 bits per heavy atom. The van der Waals surface area contributed by atoms with Crippen LogP contribution in [-0.2, 0) is 0 Å². The van der Waals surface area contributed by atoms with Gasteiger partial charge in [-0.3, -0.25) is 0 Å². The zero-order valence-electron chi connectivity index (χ0n) is 33.6. The smallest absolute Gasteiger partial charge is 0.164 e. The summed E-state index contributed by atoms with van der Waals surface area (Å²) in [5.74, 6) is 1.94. The summed E-state index contributed by atoms with van der Waals surface area (Å²) < 4.78 is 7.38. The molecule has 0 amide bonds. The maximum Gasteiger partial charge on any atom is 0.164 e. The predicted molar refractivity (Wildman–Crippen MR) is 269 cm³/mol. The minimum absolute atomic E-state index is 0.644. The maximum absolute atomic E-state index is 5.49. The maximum atomic E-state index is 5.49. The van der Waals surface area contributed by atoms with E-state index in [-0.39, 0.29) is 0 Å². The fourth-order valence-corrected chi connectivity index (χ4v) is 12.2. The van der Waals surface area contributed by atoms with Crippen LogP contribution in [0.3, 0.4) is 0 Å². The Hall–Kier alpha value is -7.77. The average molecular weight is 837 g/mol. The van der Waals surface area contributed by atoms with Crippen molar-refractivity contribution in [2.45, 2.75) is 0 Å². The molecule has 0 unspecified atom stereocenters. The van der Waals surface area contributed by atoms with Crippen LogP contribution in [0.5, 0.6) is 0 Å². The van der Waals surface area contributed by atoms with Crippen LogP contribution < -0.4 is 0 Å². The molecule has 14 aromatic rings. The first kappa shape index (κ1) is 34.9. The third-order valence-corrected chi connectivity index (χ3v) is 15.1. The Labute approximate surface area is 368 Å². The van der Waals surface area contributed by atoms with E-state index in [9.17, 15) is 0 Å². The highest BCUT2D eigenvalue weighted by molar-refractivity contribution is 7.26. The summed E-state index contributed by atoms with van der Waals surface area (Å²) in [5.41, 5.74) is 6.30. The highest BCUT2D eigenvalue weighted by Crippen LogP contribution is 2.45. The van der Waals surface area contributed by atoms with Gasteiger partial charge in [-0.15, -0.1) is 22.7 Å². The number of hydrogen-bond acceptors (Lipinski definition) is 5. The summed E-state index contributed by atoms with van der Waals surface area (Å²) in [7, 11) is 0. The fraction of sp³-hybridized carbons (Fsp3) is 0. The lowest BCUT2D eigenvalue weighted by Gasteiger charge is -2.14. The first-order valence-corrected chi connectivity index (χ1v) is 22.8. The van der Waals surface area contributed by atoms with Gasteiger partial charge in [0.2, 0.25) is 0 Å². The molecule has 0 aliphatic carbocycles. The van der Waals surface area contributed by atoms with E-state index in [0.29, 0.717) is 17.5 Å². The van der Waals surface area contributed by atoms with Crippen molar-refractivity contribution in [1.29, 1.82) is 0 Å². The first-order valence-electron chi connectivity index (χ1n) is 21.2. The van der Waals surface area contributed by atoms with Gasteiger partial charge in [0.25, 0.3) is 0 Å². The number of aromatic nitrogens is 4. The van der Waals surface area contributed by atoms with Crippen LogP contribution in [-0.4, -0.2) is 19.5 Å². The second kappa shape index (κ2) is 13.4.